The second kappa shape index (κ2) is 5.99. The van der Waals surface area contributed by atoms with Crippen molar-refractivity contribution in [1.82, 2.24) is 4.90 Å². The molecule has 0 spiro atoms. The molecule has 0 atom stereocenters. The number of nitrogens with zero attached hydrogens (tertiary/aromatic N) is 1. The Morgan fingerprint density at radius 3 is 2.83 bits per heavy atom. The van der Waals surface area contributed by atoms with Crippen molar-refractivity contribution in [1.29, 1.82) is 0 Å². The summed E-state index contributed by atoms with van der Waals surface area (Å²) in [7, 11) is 0. The molecule has 1 amide bonds. The number of rotatable bonds is 3. The molecule has 0 saturated carbocycles. The van der Waals surface area contributed by atoms with Gasteiger partial charge in [0.1, 0.15) is 4.32 Å². The Bertz CT molecular complexity index is 554. The molecule has 0 bridgehead atoms. The van der Waals surface area contributed by atoms with Gasteiger partial charge in [-0.3, -0.25) is 9.69 Å². The first kappa shape index (κ1) is 13.8. The van der Waals surface area contributed by atoms with Crippen LogP contribution >= 0.6 is 46.6 Å². The molecule has 1 aliphatic rings. The van der Waals surface area contributed by atoms with Gasteiger partial charge in [0.05, 0.1) is 4.91 Å². The molecule has 1 aliphatic heterocycles. The fraction of sp³-hybridized carbons (Fsp3) is 0.0769. The number of hydrogen-bond donors (Lipinski definition) is 0. The zero-order chi connectivity index (χ0) is 13.1. The molecule has 1 aromatic rings. The van der Waals surface area contributed by atoms with Gasteiger partial charge in [-0.05, 0) is 40.3 Å². The lowest BCUT2D eigenvalue weighted by Gasteiger charge is -2.10. The summed E-state index contributed by atoms with van der Waals surface area (Å²) in [4.78, 5) is 14.4. The fourth-order valence-corrected chi connectivity index (χ4v) is 3.33. The Kier molecular flexibility index (Phi) is 4.58. The van der Waals surface area contributed by atoms with Gasteiger partial charge in [-0.2, -0.15) is 0 Å². The van der Waals surface area contributed by atoms with Crippen LogP contribution in [0.25, 0.3) is 6.08 Å². The van der Waals surface area contributed by atoms with Crippen LogP contribution in [0, 0.1) is 3.57 Å². The summed E-state index contributed by atoms with van der Waals surface area (Å²) in [6.07, 6.45) is 3.57. The quantitative estimate of drug-likeness (QED) is 0.342. The van der Waals surface area contributed by atoms with Crippen LogP contribution in [-0.2, 0) is 4.79 Å². The number of amides is 1. The Labute approximate surface area is 129 Å². The topological polar surface area (TPSA) is 20.3 Å². The average Bonchev–Trinajstić information content (AvgIpc) is 2.60. The maximum Gasteiger partial charge on any atom is 0.266 e. The minimum atomic E-state index is -0.0375. The number of thioether (sulfide) groups is 1. The first-order valence-corrected chi connectivity index (χ1v) is 7.54. The van der Waals surface area contributed by atoms with E-state index >= 15 is 0 Å². The molecule has 18 heavy (non-hydrogen) atoms. The van der Waals surface area contributed by atoms with Crippen molar-refractivity contribution < 1.29 is 4.79 Å². The molecule has 0 unspecified atom stereocenters. The van der Waals surface area contributed by atoms with E-state index in [9.17, 15) is 4.79 Å². The Hall–Kier alpha value is -0.660. The van der Waals surface area contributed by atoms with Gasteiger partial charge in [0, 0.05) is 10.1 Å². The van der Waals surface area contributed by atoms with E-state index in [1.165, 1.54) is 11.8 Å². The second-order valence-electron chi connectivity index (χ2n) is 3.60. The Balaban J connectivity index is 2.31. The number of hydrogen-bond acceptors (Lipinski definition) is 3. The summed E-state index contributed by atoms with van der Waals surface area (Å²) in [6, 6.07) is 7.93. The molecule has 2 nitrogen and oxygen atoms in total. The minimum absolute atomic E-state index is 0.0375. The highest BCUT2D eigenvalue weighted by molar-refractivity contribution is 14.1. The van der Waals surface area contributed by atoms with Crippen molar-refractivity contribution >= 4 is 62.9 Å². The SMILES string of the molecule is C=CCN1C(=O)/C(=C/c2ccccc2I)SC1=S. The molecule has 92 valence electrons. The van der Waals surface area contributed by atoms with E-state index in [0.29, 0.717) is 15.8 Å². The summed E-state index contributed by atoms with van der Waals surface area (Å²) < 4.78 is 1.71. The van der Waals surface area contributed by atoms with E-state index in [4.69, 9.17) is 12.2 Å². The molecule has 1 saturated heterocycles. The van der Waals surface area contributed by atoms with Crippen molar-refractivity contribution in [2.75, 3.05) is 6.54 Å². The highest BCUT2D eigenvalue weighted by atomic mass is 127. The molecule has 0 radical (unpaired) electrons. The highest BCUT2D eigenvalue weighted by Gasteiger charge is 2.30. The van der Waals surface area contributed by atoms with Gasteiger partial charge in [-0.1, -0.05) is 48.3 Å². The predicted molar refractivity (Wildman–Crippen MR) is 89.2 cm³/mol. The molecule has 0 aliphatic carbocycles. The third-order valence-corrected chi connectivity index (χ3v) is 4.74. The van der Waals surface area contributed by atoms with Gasteiger partial charge < -0.3 is 0 Å². The standard InChI is InChI=1S/C13H10INOS2/c1-2-7-15-12(16)11(18-13(15)17)8-9-5-3-4-6-10(9)14/h2-6,8H,1,7H2/b11-8-. The van der Waals surface area contributed by atoms with Gasteiger partial charge in [0.2, 0.25) is 0 Å². The van der Waals surface area contributed by atoms with Crippen LogP contribution in [0.4, 0.5) is 0 Å². The Morgan fingerprint density at radius 1 is 1.44 bits per heavy atom. The van der Waals surface area contributed by atoms with E-state index in [2.05, 4.69) is 29.2 Å². The lowest BCUT2D eigenvalue weighted by Crippen LogP contribution is -2.27. The number of carbonyl (C=O) groups is 1. The molecule has 1 aromatic carbocycles. The van der Waals surface area contributed by atoms with Crippen LogP contribution in [0.1, 0.15) is 5.56 Å². The zero-order valence-corrected chi connectivity index (χ0v) is 13.2. The third-order valence-electron chi connectivity index (χ3n) is 2.38. The van der Waals surface area contributed by atoms with E-state index in [1.807, 2.05) is 30.3 Å². The first-order valence-electron chi connectivity index (χ1n) is 5.24. The van der Waals surface area contributed by atoms with Crippen molar-refractivity contribution in [3.8, 4) is 0 Å². The molecule has 2 rings (SSSR count). The molecule has 0 N–H and O–H groups in total. The molecule has 5 heteroatoms. The van der Waals surface area contributed by atoms with Gasteiger partial charge in [0.25, 0.3) is 5.91 Å². The van der Waals surface area contributed by atoms with E-state index in [1.54, 1.807) is 11.0 Å². The second-order valence-corrected chi connectivity index (χ2v) is 6.44. The summed E-state index contributed by atoms with van der Waals surface area (Å²) in [6.45, 7) is 4.10. The summed E-state index contributed by atoms with van der Waals surface area (Å²) in [5, 5.41) is 0. The maximum absolute atomic E-state index is 12.1. The molecule has 1 heterocycles. The lowest BCUT2D eigenvalue weighted by molar-refractivity contribution is -0.121. The summed E-state index contributed by atoms with van der Waals surface area (Å²) in [5.74, 6) is -0.0375. The first-order chi connectivity index (χ1) is 8.63. The van der Waals surface area contributed by atoms with Crippen LogP contribution in [0.15, 0.2) is 41.8 Å². The fourth-order valence-electron chi connectivity index (χ4n) is 1.52. The van der Waals surface area contributed by atoms with Crippen LogP contribution in [0.5, 0.6) is 0 Å². The van der Waals surface area contributed by atoms with Crippen LogP contribution in [0.2, 0.25) is 0 Å². The molecule has 1 fully saturated rings. The molecular formula is C13H10INOS2. The van der Waals surface area contributed by atoms with Crippen molar-refractivity contribution in [3.05, 3.63) is 51.0 Å². The van der Waals surface area contributed by atoms with Crippen molar-refractivity contribution in [2.24, 2.45) is 0 Å². The van der Waals surface area contributed by atoms with Gasteiger partial charge in [-0.15, -0.1) is 6.58 Å². The number of benzene rings is 1. The predicted octanol–water partition coefficient (Wildman–Crippen LogP) is 3.68. The zero-order valence-electron chi connectivity index (χ0n) is 9.43. The van der Waals surface area contributed by atoms with E-state index in [0.717, 1.165) is 9.13 Å². The minimum Gasteiger partial charge on any atom is -0.289 e. The van der Waals surface area contributed by atoms with Gasteiger partial charge in [-0.25, -0.2) is 0 Å². The van der Waals surface area contributed by atoms with Gasteiger partial charge in [0.15, 0.2) is 0 Å². The Morgan fingerprint density at radius 2 is 2.17 bits per heavy atom. The van der Waals surface area contributed by atoms with Gasteiger partial charge >= 0.3 is 0 Å². The summed E-state index contributed by atoms with van der Waals surface area (Å²) >= 11 is 8.78. The lowest BCUT2D eigenvalue weighted by atomic mass is 10.2. The molecular weight excluding hydrogens is 377 g/mol. The molecule has 0 aromatic heterocycles. The maximum atomic E-state index is 12.1. The van der Waals surface area contributed by atoms with E-state index < -0.39 is 0 Å². The van der Waals surface area contributed by atoms with Crippen molar-refractivity contribution in [2.45, 2.75) is 0 Å². The normalized spacial score (nSPS) is 17.6. The van der Waals surface area contributed by atoms with Crippen LogP contribution in [-0.4, -0.2) is 21.7 Å². The number of thiocarbonyl (C=S) groups is 1. The smallest absolute Gasteiger partial charge is 0.266 e. The summed E-state index contributed by atoms with van der Waals surface area (Å²) in [5.41, 5.74) is 1.04. The average molecular weight is 387 g/mol. The number of carbonyl (C=O) groups excluding carboxylic acids is 1. The van der Waals surface area contributed by atoms with Crippen LogP contribution in [0.3, 0.4) is 0 Å². The third kappa shape index (κ3) is 2.84. The largest absolute Gasteiger partial charge is 0.289 e. The monoisotopic (exact) mass is 387 g/mol. The number of halogens is 1. The highest BCUT2D eigenvalue weighted by Crippen LogP contribution is 2.32. The van der Waals surface area contributed by atoms with Crippen molar-refractivity contribution in [3.63, 3.8) is 0 Å². The van der Waals surface area contributed by atoms with E-state index in [-0.39, 0.29) is 5.91 Å². The van der Waals surface area contributed by atoms with Crippen LogP contribution < -0.4 is 0 Å².